The normalized spacial score (nSPS) is 15.0. The van der Waals surface area contributed by atoms with E-state index in [-0.39, 0.29) is 17.7 Å². The molecule has 0 unspecified atom stereocenters. The van der Waals surface area contributed by atoms with Crippen LogP contribution in [0.15, 0.2) is 110 Å². The standard InChI is InChI=1S/C23H17N3O2.C14H13NO3.C10H10N2O.C4H8O/c27-22-19(16-11-24-18-9-2-1-7-14(16)18)20(23(28)25-22)17-12-26-10-4-6-13-5-3-8-15(17)21(13)26;1-18-14(17)13(16)11-8-15-7-3-5-9-4-2-6-10(11)12(9)15;11-10(13)5-7-6-12-9-4-2-1-3-8(7)9;1-2-4-5-3-1/h1-3,5,7-9,11-12,24H,4,6,10H2,(H,25,27,28);2,4,6,8H,3,5,7H2,1H3;1-4,6,12H,5H2,(H2,11,13);1-4H2. The Morgan fingerprint density at radius 3 is 1.86 bits per heavy atom. The van der Waals surface area contributed by atoms with Gasteiger partial charge in [-0.15, -0.1) is 0 Å². The van der Waals surface area contributed by atoms with E-state index in [1.165, 1.54) is 36.6 Å². The topological polar surface area (TPSA) is 183 Å². The third-order valence-electron chi connectivity index (χ3n) is 12.2. The highest BCUT2D eigenvalue weighted by Crippen LogP contribution is 2.40. The molecule has 3 amide bonds. The summed E-state index contributed by atoms with van der Waals surface area (Å²) >= 11 is 0. The van der Waals surface area contributed by atoms with E-state index >= 15 is 0 Å². The molecule has 1 saturated heterocycles. The zero-order valence-corrected chi connectivity index (χ0v) is 35.5. The fraction of sp³-hybridized carbons (Fsp3) is 0.235. The van der Waals surface area contributed by atoms with Crippen molar-refractivity contribution < 1.29 is 33.4 Å². The summed E-state index contributed by atoms with van der Waals surface area (Å²) in [5.74, 6) is -2.34. The number of aryl methyl sites for hydroxylation is 4. The largest absolute Gasteiger partial charge is 0.463 e. The number of amides is 3. The van der Waals surface area contributed by atoms with E-state index in [1.807, 2.05) is 91.4 Å². The summed E-state index contributed by atoms with van der Waals surface area (Å²) in [5.41, 5.74) is 15.8. The molecule has 0 bridgehead atoms. The van der Waals surface area contributed by atoms with Gasteiger partial charge in [-0.25, -0.2) is 4.79 Å². The van der Waals surface area contributed by atoms with Gasteiger partial charge in [0.25, 0.3) is 17.6 Å². The van der Waals surface area contributed by atoms with Gasteiger partial charge in [0, 0.05) is 94.8 Å². The minimum Gasteiger partial charge on any atom is -0.463 e. The third-order valence-corrected chi connectivity index (χ3v) is 12.2. The number of fused-ring (bicyclic) bond motifs is 2. The van der Waals surface area contributed by atoms with Gasteiger partial charge >= 0.3 is 5.97 Å². The lowest BCUT2D eigenvalue weighted by Crippen LogP contribution is -2.22. The molecule has 0 atom stereocenters. The molecule has 4 aliphatic heterocycles. The second-order valence-corrected chi connectivity index (χ2v) is 16.2. The maximum absolute atomic E-state index is 12.9. The molecule has 0 radical (unpaired) electrons. The fourth-order valence-corrected chi connectivity index (χ4v) is 9.32. The second kappa shape index (κ2) is 18.1. The second-order valence-electron chi connectivity index (χ2n) is 16.2. The van der Waals surface area contributed by atoms with Crippen LogP contribution < -0.4 is 11.1 Å². The Balaban J connectivity index is 0.000000123. The molecule has 5 N–H and O–H groups in total. The number of carbonyl (C=O) groups is 5. The zero-order valence-electron chi connectivity index (χ0n) is 35.5. The number of aromatic nitrogens is 4. The van der Waals surface area contributed by atoms with Crippen molar-refractivity contribution in [2.24, 2.45) is 5.73 Å². The van der Waals surface area contributed by atoms with Crippen molar-refractivity contribution in [2.75, 3.05) is 20.3 Å². The van der Waals surface area contributed by atoms with Crippen LogP contribution in [0.5, 0.6) is 0 Å². The summed E-state index contributed by atoms with van der Waals surface area (Å²) in [6.07, 6.45) is 14.5. The maximum atomic E-state index is 12.9. The summed E-state index contributed by atoms with van der Waals surface area (Å²) in [6, 6.07) is 27.8. The smallest absolute Gasteiger partial charge is 0.379 e. The van der Waals surface area contributed by atoms with Crippen LogP contribution in [0, 0.1) is 0 Å². The lowest BCUT2D eigenvalue weighted by Gasteiger charge is -2.14. The van der Waals surface area contributed by atoms with Crippen LogP contribution >= 0.6 is 0 Å². The van der Waals surface area contributed by atoms with Gasteiger partial charge in [-0.2, -0.15) is 0 Å². The lowest BCUT2D eigenvalue weighted by molar-refractivity contribution is -0.135. The Hall–Kier alpha value is -7.51. The summed E-state index contributed by atoms with van der Waals surface area (Å²) < 4.78 is 13.7. The van der Waals surface area contributed by atoms with Crippen LogP contribution in [0.3, 0.4) is 0 Å². The van der Waals surface area contributed by atoms with E-state index in [0.717, 1.165) is 107 Å². The van der Waals surface area contributed by atoms with Crippen molar-refractivity contribution in [1.82, 2.24) is 24.4 Å². The molecule has 0 saturated carbocycles. The number of methoxy groups -OCH3 is 1. The van der Waals surface area contributed by atoms with Crippen LogP contribution in [0.1, 0.15) is 63.9 Å². The number of carbonyl (C=O) groups excluding carboxylic acids is 5. The van der Waals surface area contributed by atoms with E-state index in [4.69, 9.17) is 10.5 Å². The number of H-pyrrole nitrogens is 2. The molecule has 4 aromatic heterocycles. The monoisotopic (exact) mass is 856 g/mol. The van der Waals surface area contributed by atoms with Gasteiger partial charge in [0.15, 0.2) is 0 Å². The minimum atomic E-state index is -0.807. The number of para-hydroxylation sites is 4. The van der Waals surface area contributed by atoms with Gasteiger partial charge in [0.05, 0.1) is 41.3 Å². The Kier molecular flexibility index (Phi) is 11.8. The van der Waals surface area contributed by atoms with Crippen molar-refractivity contribution >= 4 is 84.2 Å². The lowest BCUT2D eigenvalue weighted by atomic mass is 9.94. The molecule has 13 nitrogen and oxygen atoms in total. The number of hydrogen-bond acceptors (Lipinski definition) is 7. The van der Waals surface area contributed by atoms with E-state index < -0.39 is 11.8 Å². The highest BCUT2D eigenvalue weighted by atomic mass is 16.5. The van der Waals surface area contributed by atoms with Crippen molar-refractivity contribution in [3.05, 3.63) is 143 Å². The van der Waals surface area contributed by atoms with Crippen molar-refractivity contribution in [1.29, 1.82) is 0 Å². The predicted molar refractivity (Wildman–Crippen MR) is 246 cm³/mol. The Bertz CT molecular complexity index is 3150. The first-order valence-corrected chi connectivity index (χ1v) is 21.6. The van der Waals surface area contributed by atoms with Gasteiger partial charge in [-0.05, 0) is 67.3 Å². The fourth-order valence-electron chi connectivity index (χ4n) is 9.32. The van der Waals surface area contributed by atoms with Crippen LogP contribution in [0.2, 0.25) is 0 Å². The number of nitrogens with one attached hydrogen (secondary N) is 3. The van der Waals surface area contributed by atoms with Crippen molar-refractivity contribution in [3.8, 4) is 0 Å². The molecule has 12 rings (SSSR count). The van der Waals surface area contributed by atoms with Crippen LogP contribution in [-0.4, -0.2) is 68.9 Å². The number of hydrogen-bond donors (Lipinski definition) is 4. The number of aromatic amines is 2. The van der Waals surface area contributed by atoms with Crippen LogP contribution in [-0.2, 0) is 61.0 Å². The first-order valence-electron chi connectivity index (χ1n) is 21.6. The molecule has 64 heavy (non-hydrogen) atoms. The van der Waals surface area contributed by atoms with Gasteiger partial charge in [-0.3, -0.25) is 24.5 Å². The molecule has 1 fully saturated rings. The first-order chi connectivity index (χ1) is 31.2. The van der Waals surface area contributed by atoms with Crippen LogP contribution in [0.25, 0.3) is 54.8 Å². The molecule has 4 aliphatic rings. The van der Waals surface area contributed by atoms with Gasteiger partial charge in [0.2, 0.25) is 5.91 Å². The summed E-state index contributed by atoms with van der Waals surface area (Å²) in [7, 11) is 1.23. The molecule has 8 heterocycles. The Morgan fingerprint density at radius 2 is 1.22 bits per heavy atom. The SMILES string of the molecule is C1CCOC1.COC(=O)C(=O)c1cn2c3c(cccc13)CCC2.NC(=O)Cc1c[nH]c2ccccc12.O=C1NC(=O)C(c2cn3c4c(cccc24)CCC3)=C1c1c[nH]c2ccccc12. The summed E-state index contributed by atoms with van der Waals surface area (Å²) in [4.78, 5) is 66.0. The Labute approximate surface area is 368 Å². The van der Waals surface area contributed by atoms with E-state index in [2.05, 4.69) is 41.3 Å². The minimum absolute atomic E-state index is 0.296. The van der Waals surface area contributed by atoms with Crippen molar-refractivity contribution in [3.63, 3.8) is 0 Å². The molecule has 4 aromatic carbocycles. The number of ketones is 1. The highest BCUT2D eigenvalue weighted by molar-refractivity contribution is 6.51. The van der Waals surface area contributed by atoms with Gasteiger partial charge < -0.3 is 34.3 Å². The molecule has 0 aliphatic carbocycles. The molecular weight excluding hydrogens is 809 g/mol. The number of benzene rings is 4. The molecule has 8 aromatic rings. The highest BCUT2D eigenvalue weighted by Gasteiger charge is 2.35. The number of primary amides is 1. The van der Waals surface area contributed by atoms with Crippen molar-refractivity contribution in [2.45, 2.75) is 58.0 Å². The average molecular weight is 857 g/mol. The molecule has 13 heteroatoms. The van der Waals surface area contributed by atoms with Crippen LogP contribution in [0.4, 0.5) is 0 Å². The number of imide groups is 1. The van der Waals surface area contributed by atoms with Gasteiger partial charge in [-0.1, -0.05) is 72.8 Å². The van der Waals surface area contributed by atoms with E-state index in [1.54, 1.807) is 6.20 Å². The van der Waals surface area contributed by atoms with E-state index in [0.29, 0.717) is 23.1 Å². The number of Topliss-reactive ketones (excluding diaryl/α,β-unsaturated/α-hetero) is 1. The number of ether oxygens (including phenoxy) is 2. The predicted octanol–water partition coefficient (Wildman–Crippen LogP) is 7.57. The summed E-state index contributed by atoms with van der Waals surface area (Å²) in [5, 5.41) is 6.41. The molecule has 0 spiro atoms. The maximum Gasteiger partial charge on any atom is 0.379 e. The number of nitrogens with two attached hydrogens (primary N) is 1. The molecule has 324 valence electrons. The quantitative estimate of drug-likeness (QED) is 0.0576. The first kappa shape index (κ1) is 41.8. The number of esters is 1. The number of nitrogens with zero attached hydrogens (tertiary/aromatic N) is 2. The average Bonchev–Trinajstić information content (AvgIpc) is 4.19. The third kappa shape index (κ3) is 8.01. The number of rotatable bonds is 6. The zero-order chi connectivity index (χ0) is 44.3. The van der Waals surface area contributed by atoms with E-state index in [9.17, 15) is 24.0 Å². The van der Waals surface area contributed by atoms with Gasteiger partial charge in [0.1, 0.15) is 0 Å². The molecular formula is C51H48N6O7. The summed E-state index contributed by atoms with van der Waals surface area (Å²) in [6.45, 7) is 3.82. The Morgan fingerprint density at radius 1 is 0.656 bits per heavy atom.